The van der Waals surface area contributed by atoms with Crippen LogP contribution >= 0.6 is 0 Å². The highest BCUT2D eigenvalue weighted by atomic mass is 16.5. The smallest absolute Gasteiger partial charge is 0.261 e. The molecule has 2 heterocycles. The molecular formula is C14H16N2O4. The van der Waals surface area contributed by atoms with Crippen LogP contribution in [0.25, 0.3) is 11.5 Å². The summed E-state index contributed by atoms with van der Waals surface area (Å²) in [6.07, 6.45) is 1.37. The summed E-state index contributed by atoms with van der Waals surface area (Å²) in [6, 6.07) is 6.86. The number of nitrogens with zero attached hydrogens (tertiary/aromatic N) is 2. The molecule has 1 saturated heterocycles. The lowest BCUT2D eigenvalue weighted by molar-refractivity contribution is -0.101. The Labute approximate surface area is 116 Å². The van der Waals surface area contributed by atoms with Crippen molar-refractivity contribution >= 4 is 0 Å². The van der Waals surface area contributed by atoms with Gasteiger partial charge in [0.25, 0.3) is 5.89 Å². The van der Waals surface area contributed by atoms with Crippen molar-refractivity contribution in [2.75, 3.05) is 20.3 Å². The summed E-state index contributed by atoms with van der Waals surface area (Å²) in [4.78, 5) is 4.39. The molecule has 1 aromatic carbocycles. The molecule has 1 aromatic heterocycles. The van der Waals surface area contributed by atoms with Gasteiger partial charge in [-0.1, -0.05) is 17.3 Å². The average molecular weight is 276 g/mol. The van der Waals surface area contributed by atoms with Crippen LogP contribution in [0.3, 0.4) is 0 Å². The normalized spacial score (nSPS) is 18.1. The molecule has 0 atom stereocenters. The highest BCUT2D eigenvalue weighted by molar-refractivity contribution is 5.61. The number of hydrogen-bond acceptors (Lipinski definition) is 6. The van der Waals surface area contributed by atoms with Crippen molar-refractivity contribution in [2.24, 2.45) is 0 Å². The molecule has 1 aliphatic rings. The first-order valence-corrected chi connectivity index (χ1v) is 6.51. The van der Waals surface area contributed by atoms with Crippen LogP contribution in [-0.2, 0) is 15.1 Å². The van der Waals surface area contributed by atoms with Gasteiger partial charge in [-0.15, -0.1) is 0 Å². The van der Waals surface area contributed by atoms with Crippen molar-refractivity contribution in [3.63, 3.8) is 0 Å². The van der Waals surface area contributed by atoms with E-state index < -0.39 is 5.60 Å². The fourth-order valence-corrected chi connectivity index (χ4v) is 2.39. The maximum Gasteiger partial charge on any atom is 0.261 e. The monoisotopic (exact) mass is 276 g/mol. The summed E-state index contributed by atoms with van der Waals surface area (Å²) in [7, 11) is 1.64. The molecule has 6 nitrogen and oxygen atoms in total. The molecule has 20 heavy (non-hydrogen) atoms. The zero-order valence-electron chi connectivity index (χ0n) is 11.2. The third-order valence-corrected chi connectivity index (χ3v) is 3.66. The Morgan fingerprint density at radius 1 is 1.25 bits per heavy atom. The third-order valence-electron chi connectivity index (χ3n) is 3.66. The van der Waals surface area contributed by atoms with Gasteiger partial charge in [0.15, 0.2) is 0 Å². The van der Waals surface area contributed by atoms with Gasteiger partial charge in [0.2, 0.25) is 5.82 Å². The van der Waals surface area contributed by atoms with Crippen molar-refractivity contribution in [1.29, 1.82) is 0 Å². The Morgan fingerprint density at radius 2 is 2.00 bits per heavy atom. The first kappa shape index (κ1) is 13.1. The summed E-state index contributed by atoms with van der Waals surface area (Å²) in [5.41, 5.74) is -0.0470. The van der Waals surface area contributed by atoms with Crippen LogP contribution in [-0.4, -0.2) is 35.6 Å². The second kappa shape index (κ2) is 5.22. The van der Waals surface area contributed by atoms with E-state index in [9.17, 15) is 5.11 Å². The molecule has 1 N–H and O–H groups in total. The minimum Gasteiger partial charge on any atom is -0.507 e. The number of methoxy groups -OCH3 is 1. The maximum atomic E-state index is 9.83. The maximum absolute atomic E-state index is 9.83. The van der Waals surface area contributed by atoms with Gasteiger partial charge in [0.1, 0.15) is 11.4 Å². The van der Waals surface area contributed by atoms with Crippen LogP contribution in [0.1, 0.15) is 18.7 Å². The number of rotatable bonds is 3. The number of aromatic hydroxyl groups is 1. The van der Waals surface area contributed by atoms with Gasteiger partial charge < -0.3 is 19.1 Å². The minimum atomic E-state index is -0.565. The SMILES string of the molecule is COC1(c2noc(-c3ccccc3O)n2)CCOCC1. The van der Waals surface area contributed by atoms with Crippen LogP contribution in [0.15, 0.2) is 28.8 Å². The van der Waals surface area contributed by atoms with E-state index in [4.69, 9.17) is 14.0 Å². The molecule has 1 aliphatic heterocycles. The van der Waals surface area contributed by atoms with Crippen LogP contribution < -0.4 is 0 Å². The number of aromatic nitrogens is 2. The molecule has 0 radical (unpaired) electrons. The lowest BCUT2D eigenvalue weighted by Gasteiger charge is -2.32. The first-order chi connectivity index (χ1) is 9.75. The molecule has 6 heteroatoms. The summed E-state index contributed by atoms with van der Waals surface area (Å²) in [6.45, 7) is 1.21. The highest BCUT2D eigenvalue weighted by Crippen LogP contribution is 2.35. The van der Waals surface area contributed by atoms with Gasteiger partial charge in [0.05, 0.1) is 5.56 Å². The first-order valence-electron chi connectivity index (χ1n) is 6.51. The summed E-state index contributed by atoms with van der Waals surface area (Å²) < 4.78 is 16.2. The zero-order chi connectivity index (χ0) is 14.0. The van der Waals surface area contributed by atoms with E-state index in [0.29, 0.717) is 43.3 Å². The van der Waals surface area contributed by atoms with E-state index in [2.05, 4.69) is 10.1 Å². The van der Waals surface area contributed by atoms with E-state index in [-0.39, 0.29) is 5.75 Å². The van der Waals surface area contributed by atoms with Gasteiger partial charge in [-0.25, -0.2) is 0 Å². The predicted molar refractivity (Wildman–Crippen MR) is 70.1 cm³/mol. The second-order valence-electron chi connectivity index (χ2n) is 4.75. The lowest BCUT2D eigenvalue weighted by Crippen LogP contribution is -2.36. The third kappa shape index (κ3) is 2.17. The Morgan fingerprint density at radius 3 is 2.70 bits per heavy atom. The summed E-state index contributed by atoms with van der Waals surface area (Å²) in [5, 5.41) is 13.8. The molecule has 0 saturated carbocycles. The molecule has 1 fully saturated rings. The van der Waals surface area contributed by atoms with Gasteiger partial charge in [-0.05, 0) is 12.1 Å². The van der Waals surface area contributed by atoms with Gasteiger partial charge >= 0.3 is 0 Å². The number of phenolic OH excluding ortho intramolecular Hbond substituents is 1. The van der Waals surface area contributed by atoms with Crippen molar-refractivity contribution < 1.29 is 19.1 Å². The van der Waals surface area contributed by atoms with E-state index in [1.807, 2.05) is 0 Å². The Hall–Kier alpha value is -1.92. The van der Waals surface area contributed by atoms with E-state index in [0.717, 1.165) is 0 Å². The average Bonchev–Trinajstić information content (AvgIpc) is 2.98. The van der Waals surface area contributed by atoms with Gasteiger partial charge in [-0.2, -0.15) is 4.98 Å². The number of para-hydroxylation sites is 1. The van der Waals surface area contributed by atoms with Crippen molar-refractivity contribution in [1.82, 2.24) is 10.1 Å². The van der Waals surface area contributed by atoms with Crippen molar-refractivity contribution in [3.05, 3.63) is 30.1 Å². The van der Waals surface area contributed by atoms with E-state index in [1.54, 1.807) is 31.4 Å². The molecule has 3 rings (SSSR count). The standard InChI is InChI=1S/C14H16N2O4/c1-18-14(6-8-19-9-7-14)13-15-12(20-16-13)10-4-2-3-5-11(10)17/h2-5,17H,6-9H2,1H3. The molecule has 0 bridgehead atoms. The Bertz CT molecular complexity index is 590. The Kier molecular flexibility index (Phi) is 3.42. The summed E-state index contributed by atoms with van der Waals surface area (Å²) in [5.74, 6) is 0.906. The highest BCUT2D eigenvalue weighted by Gasteiger charge is 2.39. The number of hydrogen-bond donors (Lipinski definition) is 1. The topological polar surface area (TPSA) is 77.6 Å². The molecule has 0 amide bonds. The van der Waals surface area contributed by atoms with Crippen LogP contribution in [0, 0.1) is 0 Å². The molecule has 106 valence electrons. The number of benzene rings is 1. The zero-order valence-corrected chi connectivity index (χ0v) is 11.2. The molecule has 0 spiro atoms. The lowest BCUT2D eigenvalue weighted by atomic mass is 9.93. The summed E-state index contributed by atoms with van der Waals surface area (Å²) >= 11 is 0. The van der Waals surface area contributed by atoms with Crippen LogP contribution in [0.2, 0.25) is 0 Å². The van der Waals surface area contributed by atoms with Gasteiger partial charge in [-0.3, -0.25) is 0 Å². The molecule has 2 aromatic rings. The largest absolute Gasteiger partial charge is 0.507 e. The number of phenols is 1. The fraction of sp³-hybridized carbons (Fsp3) is 0.429. The quantitative estimate of drug-likeness (QED) is 0.925. The number of ether oxygens (including phenoxy) is 2. The van der Waals surface area contributed by atoms with Crippen molar-refractivity contribution in [2.45, 2.75) is 18.4 Å². The predicted octanol–water partition coefficient (Wildman–Crippen LogP) is 2.09. The van der Waals surface area contributed by atoms with E-state index in [1.165, 1.54) is 0 Å². The van der Waals surface area contributed by atoms with Gasteiger partial charge in [0, 0.05) is 33.2 Å². The van der Waals surface area contributed by atoms with Crippen molar-refractivity contribution in [3.8, 4) is 17.2 Å². The second-order valence-corrected chi connectivity index (χ2v) is 4.75. The van der Waals surface area contributed by atoms with Crippen LogP contribution in [0.5, 0.6) is 5.75 Å². The van der Waals surface area contributed by atoms with E-state index >= 15 is 0 Å². The molecule has 0 aliphatic carbocycles. The molecular weight excluding hydrogens is 260 g/mol. The Balaban J connectivity index is 1.95. The fourth-order valence-electron chi connectivity index (χ4n) is 2.39. The molecule has 0 unspecified atom stereocenters. The van der Waals surface area contributed by atoms with Crippen LogP contribution in [0.4, 0.5) is 0 Å². The minimum absolute atomic E-state index is 0.112.